The number of cyclic esters (lactones) is 1. The van der Waals surface area contributed by atoms with Gasteiger partial charge in [-0.1, -0.05) is 25.3 Å². The van der Waals surface area contributed by atoms with Gasteiger partial charge >= 0.3 is 24.6 Å². The molecule has 1 saturated carbocycles. The molecule has 13 heteroatoms. The highest BCUT2D eigenvalue weighted by Gasteiger charge is 2.45. The Labute approximate surface area is 236 Å². The molecule has 0 aromatic heterocycles. The largest absolute Gasteiger partial charge is 0.439 e. The fraction of sp³-hybridized carbons (Fsp3) is 0.552. The third kappa shape index (κ3) is 6.35. The minimum Gasteiger partial charge on any atom is -0.439 e. The Bertz CT molecular complexity index is 1270. The molecule has 0 radical (unpaired) electrons. The second kappa shape index (κ2) is 11.3. The zero-order valence-corrected chi connectivity index (χ0v) is 23.0. The number of methoxy groups -OCH3 is 1. The van der Waals surface area contributed by atoms with E-state index in [1.807, 2.05) is 0 Å². The lowest BCUT2D eigenvalue weighted by atomic mass is 9.73. The first-order valence-electron chi connectivity index (χ1n) is 13.4. The second-order valence-electron chi connectivity index (χ2n) is 11.0. The van der Waals surface area contributed by atoms with Crippen LogP contribution in [0.4, 0.5) is 44.3 Å². The minimum atomic E-state index is -5.11. The molecule has 3 atom stereocenters. The number of hydrogen-bond acceptors (Lipinski definition) is 3. The number of rotatable bonds is 6. The van der Waals surface area contributed by atoms with E-state index in [4.69, 9.17) is 9.47 Å². The quantitative estimate of drug-likeness (QED) is 0.306. The molecule has 1 heterocycles. The maximum atomic E-state index is 13.7. The Morgan fingerprint density at radius 3 is 1.88 bits per heavy atom. The van der Waals surface area contributed by atoms with Crippen LogP contribution in [0.1, 0.15) is 85.4 Å². The van der Waals surface area contributed by atoms with Gasteiger partial charge in [-0.3, -0.25) is 4.90 Å². The van der Waals surface area contributed by atoms with E-state index in [2.05, 4.69) is 0 Å². The standard InChI is InChI=1S/C29H30F9NO3/c1-16-24(17-11-21(28(33,34)35)14-22(12-17)29(36,37)38)42-25(40)39(16)15-18-13-20(27(30,31)32)9-10-23(18)26(2,41-3)19-7-5-4-6-8-19/h9-14,16,19,24H,4-8,15H2,1-3H3/t16-,24?,26?/m0/s1. The van der Waals surface area contributed by atoms with E-state index < -0.39 is 71.2 Å². The van der Waals surface area contributed by atoms with E-state index in [0.29, 0.717) is 17.7 Å². The predicted octanol–water partition coefficient (Wildman–Crippen LogP) is 9.27. The summed E-state index contributed by atoms with van der Waals surface area (Å²) >= 11 is 0. The smallest absolute Gasteiger partial charge is 0.416 e. The third-order valence-corrected chi connectivity index (χ3v) is 8.45. The van der Waals surface area contributed by atoms with Gasteiger partial charge < -0.3 is 9.47 Å². The maximum Gasteiger partial charge on any atom is 0.416 e. The predicted molar refractivity (Wildman–Crippen MR) is 133 cm³/mol. The van der Waals surface area contributed by atoms with Crippen molar-refractivity contribution in [1.29, 1.82) is 0 Å². The van der Waals surface area contributed by atoms with E-state index in [-0.39, 0.29) is 17.5 Å². The van der Waals surface area contributed by atoms with Crippen molar-refractivity contribution in [3.63, 3.8) is 0 Å². The van der Waals surface area contributed by atoms with Gasteiger partial charge in [-0.15, -0.1) is 0 Å². The summed E-state index contributed by atoms with van der Waals surface area (Å²) in [5, 5.41) is 0. The number of alkyl halides is 9. The Hall–Kier alpha value is -2.96. The number of amides is 1. The highest BCUT2D eigenvalue weighted by Crippen LogP contribution is 2.46. The van der Waals surface area contributed by atoms with Crippen molar-refractivity contribution in [1.82, 2.24) is 4.90 Å². The van der Waals surface area contributed by atoms with Crippen LogP contribution in [0.3, 0.4) is 0 Å². The molecule has 4 rings (SSSR count). The number of halogens is 9. The lowest BCUT2D eigenvalue weighted by molar-refractivity contribution is -0.143. The molecule has 1 saturated heterocycles. The zero-order valence-electron chi connectivity index (χ0n) is 23.0. The monoisotopic (exact) mass is 611 g/mol. The van der Waals surface area contributed by atoms with Crippen molar-refractivity contribution in [2.45, 2.75) is 88.8 Å². The fourth-order valence-electron chi connectivity index (χ4n) is 6.02. The van der Waals surface area contributed by atoms with Gasteiger partial charge in [-0.2, -0.15) is 39.5 Å². The molecule has 42 heavy (non-hydrogen) atoms. The average Bonchev–Trinajstić information content (AvgIpc) is 3.19. The fourth-order valence-corrected chi connectivity index (χ4v) is 6.02. The summed E-state index contributed by atoms with van der Waals surface area (Å²) < 4.78 is 133. The summed E-state index contributed by atoms with van der Waals surface area (Å²) in [7, 11) is 1.45. The molecule has 232 valence electrons. The lowest BCUT2D eigenvalue weighted by Crippen LogP contribution is -2.38. The van der Waals surface area contributed by atoms with Crippen molar-refractivity contribution in [2.24, 2.45) is 5.92 Å². The topological polar surface area (TPSA) is 38.8 Å². The first-order valence-corrected chi connectivity index (χ1v) is 13.4. The maximum absolute atomic E-state index is 13.7. The first kappa shape index (κ1) is 32.0. The number of carbonyl (C=O) groups is 1. The van der Waals surface area contributed by atoms with E-state index in [0.717, 1.165) is 49.1 Å². The summed E-state index contributed by atoms with van der Waals surface area (Å²) in [6.07, 6.45) is -13.2. The number of nitrogens with zero attached hydrogens (tertiary/aromatic N) is 1. The van der Waals surface area contributed by atoms with E-state index in [1.165, 1.54) is 20.1 Å². The average molecular weight is 612 g/mol. The summed E-state index contributed by atoms with van der Waals surface area (Å²) in [6, 6.07) is 2.94. The molecule has 0 spiro atoms. The van der Waals surface area contributed by atoms with Crippen molar-refractivity contribution in [3.8, 4) is 0 Å². The van der Waals surface area contributed by atoms with Crippen LogP contribution >= 0.6 is 0 Å². The van der Waals surface area contributed by atoms with Gasteiger partial charge in [0.1, 0.15) is 6.10 Å². The Morgan fingerprint density at radius 1 is 0.833 bits per heavy atom. The Morgan fingerprint density at radius 2 is 1.38 bits per heavy atom. The van der Waals surface area contributed by atoms with Gasteiger partial charge in [0.25, 0.3) is 0 Å². The van der Waals surface area contributed by atoms with Gasteiger partial charge in [-0.05, 0) is 79.6 Å². The van der Waals surface area contributed by atoms with Gasteiger partial charge in [0.05, 0.1) is 28.3 Å². The molecule has 2 unspecified atom stereocenters. The highest BCUT2D eigenvalue weighted by atomic mass is 19.4. The number of benzene rings is 2. The third-order valence-electron chi connectivity index (χ3n) is 8.45. The van der Waals surface area contributed by atoms with Crippen LogP contribution in [0.25, 0.3) is 0 Å². The normalized spacial score (nSPS) is 22.3. The van der Waals surface area contributed by atoms with Crippen LogP contribution in [-0.2, 0) is 40.1 Å². The molecule has 2 aromatic rings. The van der Waals surface area contributed by atoms with Crippen molar-refractivity contribution in [3.05, 3.63) is 69.8 Å². The van der Waals surface area contributed by atoms with Crippen molar-refractivity contribution < 1.29 is 53.8 Å². The van der Waals surface area contributed by atoms with Gasteiger partial charge in [0.15, 0.2) is 0 Å². The molecule has 4 nitrogen and oxygen atoms in total. The van der Waals surface area contributed by atoms with Crippen LogP contribution in [0, 0.1) is 5.92 Å². The SMILES string of the molecule is COC(C)(c1ccc(C(F)(F)F)cc1CN1C(=O)OC(c2cc(C(F)(F)F)cc(C(F)(F)F)c2)[C@@H]1C)C1CCCCC1. The van der Waals surface area contributed by atoms with Crippen molar-refractivity contribution in [2.75, 3.05) is 7.11 Å². The van der Waals surface area contributed by atoms with Crippen LogP contribution in [0.15, 0.2) is 36.4 Å². The molecule has 0 bridgehead atoms. The molecular weight excluding hydrogens is 581 g/mol. The van der Waals surface area contributed by atoms with Gasteiger partial charge in [0.2, 0.25) is 0 Å². The second-order valence-corrected chi connectivity index (χ2v) is 11.0. The molecule has 1 amide bonds. The molecule has 1 aliphatic heterocycles. The zero-order chi connectivity index (χ0) is 31.3. The van der Waals surface area contributed by atoms with Crippen LogP contribution in [0.2, 0.25) is 0 Å². The van der Waals surface area contributed by atoms with E-state index in [9.17, 15) is 44.3 Å². The Balaban J connectivity index is 1.75. The summed E-state index contributed by atoms with van der Waals surface area (Å²) in [5.74, 6) is -0.0339. The molecule has 2 fully saturated rings. The number of ether oxygens (including phenoxy) is 2. The Kier molecular flexibility index (Phi) is 8.58. The van der Waals surface area contributed by atoms with Crippen LogP contribution in [0.5, 0.6) is 0 Å². The molecule has 2 aromatic carbocycles. The molecular formula is C29H30F9NO3. The summed E-state index contributed by atoms with van der Waals surface area (Å²) in [4.78, 5) is 14.0. The molecule has 2 aliphatic rings. The summed E-state index contributed by atoms with van der Waals surface area (Å²) in [6.45, 7) is 2.68. The van der Waals surface area contributed by atoms with E-state index >= 15 is 0 Å². The number of hydrogen-bond donors (Lipinski definition) is 0. The lowest BCUT2D eigenvalue weighted by Gasteiger charge is -2.41. The van der Waals surface area contributed by atoms with Gasteiger partial charge in [0, 0.05) is 13.7 Å². The van der Waals surface area contributed by atoms with Crippen molar-refractivity contribution >= 4 is 6.09 Å². The minimum absolute atomic E-state index is 0.0333. The van der Waals surface area contributed by atoms with E-state index in [1.54, 1.807) is 6.92 Å². The number of carbonyl (C=O) groups excluding carboxylic acids is 1. The summed E-state index contributed by atoms with van der Waals surface area (Å²) in [5.41, 5.74) is -5.18. The molecule has 0 N–H and O–H groups in total. The van der Waals surface area contributed by atoms with Crippen LogP contribution < -0.4 is 0 Å². The molecule has 1 aliphatic carbocycles. The first-order chi connectivity index (χ1) is 19.4. The highest BCUT2D eigenvalue weighted by molar-refractivity contribution is 5.71. The van der Waals surface area contributed by atoms with Gasteiger partial charge in [-0.25, -0.2) is 4.79 Å². The van der Waals surface area contributed by atoms with Crippen LogP contribution in [-0.4, -0.2) is 24.1 Å².